The number of methoxy groups -OCH3 is 1. The van der Waals surface area contributed by atoms with Gasteiger partial charge in [0.25, 0.3) is 0 Å². The van der Waals surface area contributed by atoms with Crippen LogP contribution in [0.15, 0.2) is 58.0 Å². The molecule has 2 aliphatic rings. The maximum atomic E-state index is 12.1. The van der Waals surface area contributed by atoms with Gasteiger partial charge in [0.2, 0.25) is 5.91 Å². The predicted molar refractivity (Wildman–Crippen MR) is 88.8 cm³/mol. The molecule has 134 valence electrons. The van der Waals surface area contributed by atoms with Crippen molar-refractivity contribution in [1.82, 2.24) is 4.90 Å². The van der Waals surface area contributed by atoms with E-state index in [1.54, 1.807) is 29.8 Å². The molecule has 1 atom stereocenters. The Kier molecular flexibility index (Phi) is 11.1. The first-order chi connectivity index (χ1) is 11.2. The summed E-state index contributed by atoms with van der Waals surface area (Å²) in [5, 5.41) is 0. The molecule has 1 amide bonds. The van der Waals surface area contributed by atoms with Gasteiger partial charge in [-0.25, -0.2) is 0 Å². The molecule has 0 aromatic heterocycles. The molecule has 0 bridgehead atoms. The molecule has 1 aromatic rings. The fraction of sp³-hybridized carbons (Fsp3) is 0.294. The van der Waals surface area contributed by atoms with E-state index in [0.717, 1.165) is 16.2 Å². The topological polar surface area (TPSA) is 65.9 Å². The van der Waals surface area contributed by atoms with E-state index < -0.39 is 0 Å². The SMILES string of the molecule is COC1=CC(=[N+]=[N-])C(N2CCCC2=O)C=C1Sc1ccccc1.[Cl-].[Cl-].[Zn+2]. The zero-order valence-electron chi connectivity index (χ0n) is 14.3. The van der Waals surface area contributed by atoms with Crippen LogP contribution in [0.25, 0.3) is 5.53 Å². The van der Waals surface area contributed by atoms with Crippen LogP contribution in [-0.2, 0) is 29.0 Å². The molecule has 9 heteroatoms. The number of hydrogen-bond acceptors (Lipinski definition) is 3. The van der Waals surface area contributed by atoms with Gasteiger partial charge in [0.05, 0.1) is 18.1 Å². The Hall–Kier alpha value is -1.10. The van der Waals surface area contributed by atoms with Crippen molar-refractivity contribution in [3.8, 4) is 0 Å². The third-order valence-electron chi connectivity index (χ3n) is 3.89. The van der Waals surface area contributed by atoms with Crippen LogP contribution in [0.4, 0.5) is 0 Å². The number of likely N-dealkylation sites (tertiary alicyclic amines) is 1. The second-order valence-electron chi connectivity index (χ2n) is 5.32. The van der Waals surface area contributed by atoms with Crippen LogP contribution < -0.4 is 24.8 Å². The summed E-state index contributed by atoms with van der Waals surface area (Å²) in [6.07, 6.45) is 5.02. The van der Waals surface area contributed by atoms with E-state index in [0.29, 0.717) is 24.4 Å². The number of rotatable bonds is 4. The number of carbonyl (C=O) groups is 1. The molecule has 1 aliphatic carbocycles. The monoisotopic (exact) mass is 461 g/mol. The third-order valence-corrected chi connectivity index (χ3v) is 4.95. The summed E-state index contributed by atoms with van der Waals surface area (Å²) in [6.45, 7) is 0.679. The van der Waals surface area contributed by atoms with Crippen molar-refractivity contribution in [2.75, 3.05) is 13.7 Å². The van der Waals surface area contributed by atoms with Crippen LogP contribution in [0.2, 0.25) is 0 Å². The van der Waals surface area contributed by atoms with Crippen LogP contribution in [0.5, 0.6) is 0 Å². The first kappa shape index (κ1) is 24.9. The predicted octanol–water partition coefficient (Wildman–Crippen LogP) is -3.13. The number of hydrogen-bond donors (Lipinski definition) is 0. The molecule has 1 aliphatic heterocycles. The molecule has 0 radical (unpaired) electrons. The molecule has 0 saturated carbocycles. The number of halogens is 2. The smallest absolute Gasteiger partial charge is 1.00 e. The van der Waals surface area contributed by atoms with Crippen molar-refractivity contribution >= 4 is 23.4 Å². The van der Waals surface area contributed by atoms with Gasteiger partial charge in [-0.2, -0.15) is 4.79 Å². The molecule has 1 aromatic carbocycles. The van der Waals surface area contributed by atoms with Crippen LogP contribution >= 0.6 is 11.8 Å². The molecular formula is C17H17Cl2N3O2SZn. The first-order valence-electron chi connectivity index (χ1n) is 7.45. The molecule has 1 unspecified atom stereocenters. The van der Waals surface area contributed by atoms with Gasteiger partial charge < -0.3 is 40.0 Å². The molecule has 26 heavy (non-hydrogen) atoms. The van der Waals surface area contributed by atoms with Gasteiger partial charge in [-0.1, -0.05) is 30.0 Å². The minimum atomic E-state index is -0.347. The van der Waals surface area contributed by atoms with E-state index in [4.69, 9.17) is 4.74 Å². The zero-order chi connectivity index (χ0) is 16.2. The van der Waals surface area contributed by atoms with Crippen molar-refractivity contribution in [1.29, 1.82) is 0 Å². The summed E-state index contributed by atoms with van der Waals surface area (Å²) in [4.78, 5) is 19.2. The summed E-state index contributed by atoms with van der Waals surface area (Å²) in [5.74, 6) is 0.722. The van der Waals surface area contributed by atoms with Gasteiger partial charge in [0, 0.05) is 17.9 Å². The van der Waals surface area contributed by atoms with Crippen molar-refractivity contribution < 1.29 is 58.6 Å². The van der Waals surface area contributed by atoms with Crippen LogP contribution in [0.1, 0.15) is 12.8 Å². The normalized spacial score (nSPS) is 18.5. The molecule has 0 N–H and O–H groups in total. The molecule has 5 nitrogen and oxygen atoms in total. The number of nitrogens with zero attached hydrogens (tertiary/aromatic N) is 3. The van der Waals surface area contributed by atoms with Gasteiger partial charge in [-0.3, -0.25) is 4.79 Å². The van der Waals surface area contributed by atoms with Gasteiger partial charge in [0.15, 0.2) is 6.04 Å². The van der Waals surface area contributed by atoms with E-state index >= 15 is 0 Å². The molecule has 1 saturated heterocycles. The summed E-state index contributed by atoms with van der Waals surface area (Å²) in [5.41, 5.74) is 9.74. The van der Waals surface area contributed by atoms with E-state index in [-0.39, 0.29) is 56.2 Å². The Labute approximate surface area is 182 Å². The van der Waals surface area contributed by atoms with Crippen molar-refractivity contribution in [2.45, 2.75) is 23.8 Å². The van der Waals surface area contributed by atoms with E-state index in [9.17, 15) is 10.3 Å². The standard InChI is InChI=1S/C17H17N3O2S.2ClH.Zn/c1-22-15-10-13(19-18)14(20-9-5-8-17(20)21)11-16(15)23-12-6-3-2-4-7-12;;;/h2-4,6-7,10-11,14H,5,8-9H2,1H3;2*1H;/q;;;+2/p-2. The van der Waals surface area contributed by atoms with E-state index in [2.05, 4.69) is 4.79 Å². The molecule has 1 fully saturated rings. The largest absolute Gasteiger partial charge is 2.00 e. The van der Waals surface area contributed by atoms with Crippen LogP contribution in [0.3, 0.4) is 0 Å². The van der Waals surface area contributed by atoms with Crippen LogP contribution in [0, 0.1) is 0 Å². The van der Waals surface area contributed by atoms with Gasteiger partial charge in [-0.15, -0.1) is 0 Å². The van der Waals surface area contributed by atoms with Crippen molar-refractivity contribution in [3.63, 3.8) is 0 Å². The second-order valence-corrected chi connectivity index (χ2v) is 6.43. The second kappa shape index (κ2) is 11.6. The Morgan fingerprint density at radius 2 is 1.96 bits per heavy atom. The average Bonchev–Trinajstić information content (AvgIpc) is 3.01. The maximum absolute atomic E-state index is 12.1. The Morgan fingerprint density at radius 3 is 2.50 bits per heavy atom. The van der Waals surface area contributed by atoms with Crippen molar-refractivity contribution in [3.05, 3.63) is 58.7 Å². The molecule has 0 spiro atoms. The third kappa shape index (κ3) is 5.45. The number of thioether (sulfide) groups is 1. The molecule has 3 rings (SSSR count). The summed E-state index contributed by atoms with van der Waals surface area (Å²) in [7, 11) is 1.58. The molecule has 1 heterocycles. The molecular weight excluding hydrogens is 447 g/mol. The minimum Gasteiger partial charge on any atom is -1.00 e. The van der Waals surface area contributed by atoms with Gasteiger partial charge >= 0.3 is 25.2 Å². The van der Waals surface area contributed by atoms with Gasteiger partial charge in [0.1, 0.15) is 5.76 Å². The quantitative estimate of drug-likeness (QED) is 0.270. The first-order valence-corrected chi connectivity index (χ1v) is 8.27. The van der Waals surface area contributed by atoms with E-state index in [1.807, 2.05) is 36.4 Å². The summed E-state index contributed by atoms with van der Waals surface area (Å²) >= 11 is 1.57. The Balaban J connectivity index is 0.00000208. The van der Waals surface area contributed by atoms with Crippen molar-refractivity contribution in [2.24, 2.45) is 0 Å². The van der Waals surface area contributed by atoms with Crippen LogP contribution in [-0.4, -0.2) is 41.0 Å². The average molecular weight is 464 g/mol. The van der Waals surface area contributed by atoms with Gasteiger partial charge in [-0.05, 0) is 24.6 Å². The number of carbonyl (C=O) groups excluding carboxylic acids is 1. The fourth-order valence-corrected chi connectivity index (χ4v) is 3.75. The minimum absolute atomic E-state index is 0. The number of ether oxygens (including phenoxy) is 1. The Morgan fingerprint density at radius 1 is 1.27 bits per heavy atom. The number of amides is 1. The Bertz CT molecular complexity index is 737. The number of benzene rings is 1. The summed E-state index contributed by atoms with van der Waals surface area (Å²) in [6, 6.07) is 9.61. The maximum Gasteiger partial charge on any atom is 2.00 e. The summed E-state index contributed by atoms with van der Waals surface area (Å²) < 4.78 is 5.42. The zero-order valence-corrected chi connectivity index (χ0v) is 19.6. The van der Waals surface area contributed by atoms with E-state index in [1.165, 1.54) is 0 Å². The fourth-order valence-electron chi connectivity index (χ4n) is 2.76.